The molecule has 19 heavy (non-hydrogen) atoms. The van der Waals surface area contributed by atoms with Gasteiger partial charge in [-0.25, -0.2) is 9.18 Å². The maximum Gasteiger partial charge on any atom is 0.342 e. The van der Waals surface area contributed by atoms with E-state index in [9.17, 15) is 14.3 Å². The lowest BCUT2D eigenvalue weighted by molar-refractivity contribution is 0.0465. The number of phenols is 1. The van der Waals surface area contributed by atoms with E-state index in [2.05, 4.69) is 0 Å². The Morgan fingerprint density at radius 1 is 1.26 bits per heavy atom. The maximum atomic E-state index is 13.3. The third-order valence-corrected chi connectivity index (χ3v) is 2.69. The Labute approximate surface area is 110 Å². The molecule has 0 radical (unpaired) electrons. The van der Waals surface area contributed by atoms with Crippen molar-refractivity contribution in [3.8, 4) is 5.75 Å². The Kier molecular flexibility index (Phi) is 3.80. The monoisotopic (exact) mass is 260 g/mol. The minimum atomic E-state index is -0.676. The van der Waals surface area contributed by atoms with Crippen molar-refractivity contribution < 1.29 is 19.0 Å². The second kappa shape index (κ2) is 5.52. The standard InChI is InChI=1S/C15H13FO3/c1-10-6-7-14(17)12(8-10)15(18)19-9-11-4-2-3-5-13(11)16/h2-8,17H,9H2,1H3. The van der Waals surface area contributed by atoms with E-state index >= 15 is 0 Å². The molecule has 0 aliphatic heterocycles. The summed E-state index contributed by atoms with van der Waals surface area (Å²) in [4.78, 5) is 11.8. The van der Waals surface area contributed by atoms with Gasteiger partial charge in [-0.2, -0.15) is 0 Å². The van der Waals surface area contributed by atoms with Crippen molar-refractivity contribution in [3.63, 3.8) is 0 Å². The van der Waals surface area contributed by atoms with Gasteiger partial charge in [0.25, 0.3) is 0 Å². The van der Waals surface area contributed by atoms with Crippen molar-refractivity contribution in [2.75, 3.05) is 0 Å². The van der Waals surface area contributed by atoms with E-state index in [0.717, 1.165) is 5.56 Å². The van der Waals surface area contributed by atoms with Gasteiger partial charge >= 0.3 is 5.97 Å². The number of rotatable bonds is 3. The van der Waals surface area contributed by atoms with Crippen molar-refractivity contribution in [1.29, 1.82) is 0 Å². The highest BCUT2D eigenvalue weighted by Crippen LogP contribution is 2.20. The minimum absolute atomic E-state index is 0.0799. The van der Waals surface area contributed by atoms with Crippen molar-refractivity contribution in [2.45, 2.75) is 13.5 Å². The average Bonchev–Trinajstić information content (AvgIpc) is 2.40. The van der Waals surface area contributed by atoms with Gasteiger partial charge in [-0.3, -0.25) is 0 Å². The summed E-state index contributed by atoms with van der Waals surface area (Å²) >= 11 is 0. The molecule has 0 fully saturated rings. The third-order valence-electron chi connectivity index (χ3n) is 2.69. The molecular formula is C15H13FO3. The molecule has 2 rings (SSSR count). The number of hydrogen-bond acceptors (Lipinski definition) is 3. The van der Waals surface area contributed by atoms with E-state index in [-0.39, 0.29) is 17.9 Å². The van der Waals surface area contributed by atoms with Crippen LogP contribution in [0.1, 0.15) is 21.5 Å². The van der Waals surface area contributed by atoms with Crippen LogP contribution in [0, 0.1) is 12.7 Å². The highest BCUT2D eigenvalue weighted by molar-refractivity contribution is 5.92. The lowest BCUT2D eigenvalue weighted by atomic mass is 10.1. The van der Waals surface area contributed by atoms with Crippen LogP contribution < -0.4 is 0 Å². The van der Waals surface area contributed by atoms with Crippen LogP contribution in [0.3, 0.4) is 0 Å². The molecule has 0 spiro atoms. The summed E-state index contributed by atoms with van der Waals surface area (Å²) in [6.07, 6.45) is 0. The number of phenolic OH excluding ortho intramolecular Hbond substituents is 1. The number of benzene rings is 2. The smallest absolute Gasteiger partial charge is 0.342 e. The number of carbonyl (C=O) groups excluding carboxylic acids is 1. The van der Waals surface area contributed by atoms with Gasteiger partial charge in [0.1, 0.15) is 23.7 Å². The van der Waals surface area contributed by atoms with Gasteiger partial charge in [0.15, 0.2) is 0 Å². The number of aryl methyl sites for hydroxylation is 1. The van der Waals surface area contributed by atoms with E-state index < -0.39 is 11.8 Å². The zero-order valence-corrected chi connectivity index (χ0v) is 10.4. The van der Waals surface area contributed by atoms with E-state index in [4.69, 9.17) is 4.74 Å². The number of halogens is 1. The molecule has 98 valence electrons. The Bertz CT molecular complexity index is 608. The Morgan fingerprint density at radius 2 is 2.00 bits per heavy atom. The van der Waals surface area contributed by atoms with Crippen LogP contribution in [-0.4, -0.2) is 11.1 Å². The molecule has 0 unspecified atom stereocenters. The maximum absolute atomic E-state index is 13.3. The van der Waals surface area contributed by atoms with Crippen LogP contribution >= 0.6 is 0 Å². The summed E-state index contributed by atoms with van der Waals surface area (Å²) in [5, 5.41) is 9.58. The lowest BCUT2D eigenvalue weighted by Gasteiger charge is -2.07. The topological polar surface area (TPSA) is 46.5 Å². The van der Waals surface area contributed by atoms with Crippen LogP contribution in [0.25, 0.3) is 0 Å². The van der Waals surface area contributed by atoms with Crippen molar-refractivity contribution in [1.82, 2.24) is 0 Å². The fourth-order valence-corrected chi connectivity index (χ4v) is 1.65. The predicted octanol–water partition coefficient (Wildman–Crippen LogP) is 3.20. The molecule has 2 aromatic carbocycles. The number of ether oxygens (including phenoxy) is 1. The van der Waals surface area contributed by atoms with Crippen LogP contribution in [0.4, 0.5) is 4.39 Å². The van der Waals surface area contributed by atoms with E-state index in [0.29, 0.717) is 5.56 Å². The second-order valence-corrected chi connectivity index (χ2v) is 4.19. The zero-order valence-electron chi connectivity index (χ0n) is 10.4. The van der Waals surface area contributed by atoms with Crippen LogP contribution in [0.2, 0.25) is 0 Å². The average molecular weight is 260 g/mol. The lowest BCUT2D eigenvalue weighted by Crippen LogP contribution is -2.06. The first-order chi connectivity index (χ1) is 9.08. The molecule has 0 bridgehead atoms. The first-order valence-electron chi connectivity index (χ1n) is 5.78. The summed E-state index contributed by atoms with van der Waals surface area (Å²) < 4.78 is 18.3. The largest absolute Gasteiger partial charge is 0.507 e. The van der Waals surface area contributed by atoms with E-state index in [1.165, 1.54) is 18.2 Å². The van der Waals surface area contributed by atoms with Crippen molar-refractivity contribution in [2.24, 2.45) is 0 Å². The fraction of sp³-hybridized carbons (Fsp3) is 0.133. The molecule has 0 atom stereocenters. The number of carbonyl (C=O) groups is 1. The number of aromatic hydroxyl groups is 1. The molecule has 1 N–H and O–H groups in total. The highest BCUT2D eigenvalue weighted by atomic mass is 19.1. The van der Waals surface area contributed by atoms with E-state index in [1.54, 1.807) is 31.2 Å². The predicted molar refractivity (Wildman–Crippen MR) is 68.4 cm³/mol. The Morgan fingerprint density at radius 3 is 2.74 bits per heavy atom. The highest BCUT2D eigenvalue weighted by Gasteiger charge is 2.13. The molecule has 2 aromatic rings. The van der Waals surface area contributed by atoms with Crippen molar-refractivity contribution in [3.05, 3.63) is 65.0 Å². The van der Waals surface area contributed by atoms with Crippen molar-refractivity contribution >= 4 is 5.97 Å². The molecule has 0 heterocycles. The molecule has 0 saturated heterocycles. The van der Waals surface area contributed by atoms with Crippen LogP contribution in [0.5, 0.6) is 5.75 Å². The Balaban J connectivity index is 2.10. The molecule has 0 aromatic heterocycles. The summed E-state index contributed by atoms with van der Waals surface area (Å²) in [6.45, 7) is 1.63. The van der Waals surface area contributed by atoms with Crippen LogP contribution in [-0.2, 0) is 11.3 Å². The first kappa shape index (κ1) is 13.1. The fourth-order valence-electron chi connectivity index (χ4n) is 1.65. The van der Waals surface area contributed by atoms with Crippen LogP contribution in [0.15, 0.2) is 42.5 Å². The van der Waals surface area contributed by atoms with Gasteiger partial charge in [0, 0.05) is 5.56 Å². The second-order valence-electron chi connectivity index (χ2n) is 4.19. The summed E-state index contributed by atoms with van der Waals surface area (Å²) in [7, 11) is 0. The quantitative estimate of drug-likeness (QED) is 0.862. The zero-order chi connectivity index (χ0) is 13.8. The van der Waals surface area contributed by atoms with Gasteiger partial charge in [-0.15, -0.1) is 0 Å². The third kappa shape index (κ3) is 3.10. The summed E-state index contributed by atoms with van der Waals surface area (Å²) in [6, 6.07) is 10.7. The molecular weight excluding hydrogens is 247 g/mol. The molecule has 0 saturated carbocycles. The number of hydrogen-bond donors (Lipinski definition) is 1. The molecule has 3 nitrogen and oxygen atoms in total. The van der Waals surface area contributed by atoms with Gasteiger partial charge in [-0.05, 0) is 25.1 Å². The van der Waals surface area contributed by atoms with E-state index in [1.807, 2.05) is 0 Å². The molecule has 4 heteroatoms. The van der Waals surface area contributed by atoms with Gasteiger partial charge in [-0.1, -0.05) is 29.8 Å². The van der Waals surface area contributed by atoms with Gasteiger partial charge in [0.2, 0.25) is 0 Å². The SMILES string of the molecule is Cc1ccc(O)c(C(=O)OCc2ccccc2F)c1. The normalized spacial score (nSPS) is 10.2. The molecule has 0 aliphatic carbocycles. The first-order valence-corrected chi connectivity index (χ1v) is 5.78. The molecule has 0 aliphatic rings. The summed E-state index contributed by atoms with van der Waals surface area (Å²) in [5.41, 5.74) is 1.20. The summed E-state index contributed by atoms with van der Waals surface area (Å²) in [5.74, 6) is -1.25. The minimum Gasteiger partial charge on any atom is -0.507 e. The number of esters is 1. The van der Waals surface area contributed by atoms with Gasteiger partial charge < -0.3 is 9.84 Å². The Hall–Kier alpha value is -2.36. The molecule has 0 amide bonds. The van der Waals surface area contributed by atoms with Gasteiger partial charge in [0.05, 0.1) is 0 Å².